The lowest BCUT2D eigenvalue weighted by atomic mass is 10.1. The molecule has 7 nitrogen and oxygen atoms in total. The standard InChI is InChI=1S/C19H19NO6S/c21-18(20-12-13-1-3-14(4-2-13)19(22)23)7-10-27(24)15-5-6-16-17(11-15)26-9-8-25-16/h1-6,11H,7-10,12H2,(H,20,21)(H,22,23). The first-order valence-corrected chi connectivity index (χ1v) is 9.72. The van der Waals surface area contributed by atoms with Crippen LogP contribution < -0.4 is 14.8 Å². The summed E-state index contributed by atoms with van der Waals surface area (Å²) in [6, 6.07) is 11.4. The number of amides is 1. The lowest BCUT2D eigenvalue weighted by molar-refractivity contribution is -0.120. The summed E-state index contributed by atoms with van der Waals surface area (Å²) in [4.78, 5) is 23.4. The topological polar surface area (TPSA) is 102 Å². The molecule has 0 bridgehead atoms. The highest BCUT2D eigenvalue weighted by Crippen LogP contribution is 2.31. The Morgan fingerprint density at radius 2 is 1.74 bits per heavy atom. The van der Waals surface area contributed by atoms with Crippen LogP contribution in [0.5, 0.6) is 11.5 Å². The maximum Gasteiger partial charge on any atom is 0.335 e. The van der Waals surface area contributed by atoms with Crippen molar-refractivity contribution in [2.75, 3.05) is 19.0 Å². The van der Waals surface area contributed by atoms with E-state index in [0.717, 1.165) is 5.56 Å². The van der Waals surface area contributed by atoms with Crippen LogP contribution in [0.2, 0.25) is 0 Å². The molecular weight excluding hydrogens is 370 g/mol. The molecular formula is C19H19NO6S. The number of hydrogen-bond acceptors (Lipinski definition) is 5. The van der Waals surface area contributed by atoms with Crippen molar-refractivity contribution < 1.29 is 28.4 Å². The van der Waals surface area contributed by atoms with Crippen LogP contribution in [0.3, 0.4) is 0 Å². The van der Waals surface area contributed by atoms with Crippen LogP contribution in [0.15, 0.2) is 47.4 Å². The van der Waals surface area contributed by atoms with Crippen LogP contribution in [-0.2, 0) is 22.1 Å². The molecule has 27 heavy (non-hydrogen) atoms. The predicted octanol–water partition coefficient (Wildman–Crippen LogP) is 1.97. The van der Waals surface area contributed by atoms with E-state index in [-0.39, 0.29) is 30.2 Å². The number of fused-ring (bicyclic) bond motifs is 1. The van der Waals surface area contributed by atoms with Crippen molar-refractivity contribution in [1.29, 1.82) is 0 Å². The minimum absolute atomic E-state index is 0.119. The smallest absolute Gasteiger partial charge is 0.335 e. The van der Waals surface area contributed by atoms with Crippen molar-refractivity contribution in [1.82, 2.24) is 5.32 Å². The fourth-order valence-corrected chi connectivity index (χ4v) is 3.59. The van der Waals surface area contributed by atoms with Crippen LogP contribution in [0.1, 0.15) is 22.3 Å². The van der Waals surface area contributed by atoms with Crippen molar-refractivity contribution in [3.63, 3.8) is 0 Å². The Bertz CT molecular complexity index is 865. The average molecular weight is 389 g/mol. The summed E-state index contributed by atoms with van der Waals surface area (Å²) in [5.74, 6) is 0.189. The second-order valence-electron chi connectivity index (χ2n) is 5.88. The molecule has 142 valence electrons. The first-order chi connectivity index (χ1) is 13.0. The SMILES string of the molecule is O=C(CCS(=O)c1ccc2c(c1)OCCO2)NCc1ccc(C(=O)O)cc1. The van der Waals surface area contributed by atoms with Gasteiger partial charge in [-0.05, 0) is 29.8 Å². The molecule has 3 rings (SSSR count). The molecule has 0 aliphatic carbocycles. The minimum Gasteiger partial charge on any atom is -0.486 e. The quantitative estimate of drug-likeness (QED) is 0.751. The Morgan fingerprint density at radius 3 is 2.44 bits per heavy atom. The van der Waals surface area contributed by atoms with Gasteiger partial charge in [0.2, 0.25) is 5.91 Å². The second-order valence-corrected chi connectivity index (χ2v) is 7.45. The van der Waals surface area contributed by atoms with Gasteiger partial charge in [-0.25, -0.2) is 4.79 Å². The van der Waals surface area contributed by atoms with Gasteiger partial charge in [0.25, 0.3) is 0 Å². The van der Waals surface area contributed by atoms with Gasteiger partial charge >= 0.3 is 5.97 Å². The Hall–Kier alpha value is -2.87. The number of carboxylic acid groups (broad SMARTS) is 1. The van der Waals surface area contributed by atoms with Crippen molar-refractivity contribution in [2.24, 2.45) is 0 Å². The molecule has 1 aliphatic heterocycles. The molecule has 1 atom stereocenters. The van der Waals surface area contributed by atoms with Gasteiger partial charge < -0.3 is 19.9 Å². The summed E-state index contributed by atoms with van der Waals surface area (Å²) in [5.41, 5.74) is 0.987. The van der Waals surface area contributed by atoms with Gasteiger partial charge in [0, 0.05) is 29.7 Å². The molecule has 1 unspecified atom stereocenters. The number of nitrogens with one attached hydrogen (secondary N) is 1. The summed E-state index contributed by atoms with van der Waals surface area (Å²) < 4.78 is 23.3. The number of benzene rings is 2. The van der Waals surface area contributed by atoms with Crippen LogP contribution in [-0.4, -0.2) is 40.2 Å². The highest BCUT2D eigenvalue weighted by Gasteiger charge is 2.15. The fraction of sp³-hybridized carbons (Fsp3) is 0.263. The van der Waals surface area contributed by atoms with E-state index in [2.05, 4.69) is 5.32 Å². The Morgan fingerprint density at radius 1 is 1.04 bits per heavy atom. The van der Waals surface area contributed by atoms with Gasteiger partial charge in [-0.1, -0.05) is 12.1 Å². The highest BCUT2D eigenvalue weighted by atomic mass is 32.2. The first-order valence-electron chi connectivity index (χ1n) is 8.40. The molecule has 1 amide bonds. The summed E-state index contributed by atoms with van der Waals surface area (Å²) in [7, 11) is -1.32. The molecule has 0 saturated carbocycles. The van der Waals surface area contributed by atoms with E-state index in [9.17, 15) is 13.8 Å². The highest BCUT2D eigenvalue weighted by molar-refractivity contribution is 7.85. The molecule has 0 radical (unpaired) electrons. The van der Waals surface area contributed by atoms with Crippen LogP contribution in [0, 0.1) is 0 Å². The second kappa shape index (κ2) is 8.68. The molecule has 2 aromatic rings. The van der Waals surface area contributed by atoms with Crippen molar-refractivity contribution in [3.8, 4) is 11.5 Å². The summed E-state index contributed by atoms with van der Waals surface area (Å²) >= 11 is 0. The summed E-state index contributed by atoms with van der Waals surface area (Å²) in [5, 5.41) is 11.6. The van der Waals surface area contributed by atoms with Gasteiger partial charge in [0.1, 0.15) is 13.2 Å². The number of ether oxygens (including phenoxy) is 2. The van der Waals surface area contributed by atoms with Crippen LogP contribution >= 0.6 is 0 Å². The molecule has 2 aromatic carbocycles. The number of rotatable bonds is 7. The zero-order valence-electron chi connectivity index (χ0n) is 14.5. The number of carboxylic acids is 1. The third-order valence-corrected chi connectivity index (χ3v) is 5.34. The van der Waals surface area contributed by atoms with Crippen LogP contribution in [0.25, 0.3) is 0 Å². The van der Waals surface area contributed by atoms with Crippen molar-refractivity contribution >= 4 is 22.7 Å². The van der Waals surface area contributed by atoms with E-state index in [4.69, 9.17) is 14.6 Å². The van der Waals surface area contributed by atoms with Gasteiger partial charge in [0.15, 0.2) is 11.5 Å². The average Bonchev–Trinajstić information content (AvgIpc) is 2.70. The van der Waals surface area contributed by atoms with Gasteiger partial charge in [-0.2, -0.15) is 0 Å². The van der Waals surface area contributed by atoms with E-state index in [1.165, 1.54) is 12.1 Å². The lowest BCUT2D eigenvalue weighted by Gasteiger charge is -2.18. The monoisotopic (exact) mass is 389 g/mol. The van der Waals surface area contributed by atoms with E-state index in [1.54, 1.807) is 30.3 Å². The van der Waals surface area contributed by atoms with Crippen molar-refractivity contribution in [3.05, 3.63) is 53.6 Å². The summed E-state index contributed by atoms with van der Waals surface area (Å²) in [6.07, 6.45) is 0.119. The zero-order chi connectivity index (χ0) is 19.2. The Labute approximate surface area is 158 Å². The minimum atomic E-state index is -1.32. The molecule has 2 N–H and O–H groups in total. The van der Waals surface area contributed by atoms with Crippen molar-refractivity contribution in [2.45, 2.75) is 17.9 Å². The van der Waals surface area contributed by atoms with Gasteiger partial charge in [-0.3, -0.25) is 9.00 Å². The number of aromatic carboxylic acids is 1. The van der Waals surface area contributed by atoms with Gasteiger partial charge in [0.05, 0.1) is 16.4 Å². The molecule has 1 aliphatic rings. The Balaban J connectivity index is 1.47. The summed E-state index contributed by atoms with van der Waals surface area (Å²) in [6.45, 7) is 1.24. The normalized spacial score (nSPS) is 13.6. The van der Waals surface area contributed by atoms with E-state index < -0.39 is 16.8 Å². The molecule has 0 spiro atoms. The third-order valence-electron chi connectivity index (χ3n) is 3.98. The van der Waals surface area contributed by atoms with Crippen LogP contribution in [0.4, 0.5) is 0 Å². The molecule has 0 fully saturated rings. The lowest BCUT2D eigenvalue weighted by Crippen LogP contribution is -2.24. The van der Waals surface area contributed by atoms with E-state index in [1.807, 2.05) is 0 Å². The molecule has 0 saturated heterocycles. The fourth-order valence-electron chi connectivity index (χ4n) is 2.52. The molecule has 0 aromatic heterocycles. The van der Waals surface area contributed by atoms with E-state index in [0.29, 0.717) is 29.6 Å². The van der Waals surface area contributed by atoms with E-state index >= 15 is 0 Å². The number of carbonyl (C=O) groups excluding carboxylic acids is 1. The molecule has 8 heteroatoms. The number of hydrogen-bond donors (Lipinski definition) is 2. The molecule has 1 heterocycles. The maximum absolute atomic E-state index is 12.4. The largest absolute Gasteiger partial charge is 0.486 e. The maximum atomic E-state index is 12.4. The zero-order valence-corrected chi connectivity index (χ0v) is 15.3. The predicted molar refractivity (Wildman–Crippen MR) is 98.6 cm³/mol. The number of carbonyl (C=O) groups is 2. The third kappa shape index (κ3) is 5.07. The van der Waals surface area contributed by atoms with Gasteiger partial charge in [-0.15, -0.1) is 0 Å². The Kier molecular flexibility index (Phi) is 6.08. The first kappa shape index (κ1) is 18.9.